The summed E-state index contributed by atoms with van der Waals surface area (Å²) in [7, 11) is -2.09. The van der Waals surface area contributed by atoms with Gasteiger partial charge in [-0.1, -0.05) is 12.1 Å². The maximum atomic E-state index is 10.6. The number of rotatable bonds is 1. The lowest BCUT2D eigenvalue weighted by atomic mass is 10.3. The fourth-order valence-electron chi connectivity index (χ4n) is 0.626. The van der Waals surface area contributed by atoms with Crippen LogP contribution in [-0.4, -0.2) is 14.0 Å². The smallest absolute Gasteiger partial charge is 0.425 e. The molecule has 0 aliphatic rings. The van der Waals surface area contributed by atoms with Gasteiger partial charge in [0.1, 0.15) is 5.75 Å². The Bertz CT molecular complexity index is 244. The molecule has 3 N–H and O–H groups in total. The Morgan fingerprint density at radius 3 is 2.20 bits per heavy atom. The molecule has 10 heavy (non-hydrogen) atoms. The zero-order chi connectivity index (χ0) is 7.56. The first-order valence-electron chi connectivity index (χ1n) is 2.79. The van der Waals surface area contributed by atoms with Crippen molar-refractivity contribution >= 4 is 14.0 Å². The molecule has 0 saturated heterocycles. The number of nitrogens with two attached hydrogens (primary N) is 1. The monoisotopic (exact) mass is 153 g/mol. The van der Waals surface area contributed by atoms with Crippen LogP contribution >= 0.6 is 0 Å². The predicted octanol–water partition coefficient (Wildman–Crippen LogP) is -0.523. The highest BCUT2D eigenvalue weighted by atomic mass is 28.3. The Kier molecular flexibility index (Phi) is 1.82. The van der Waals surface area contributed by atoms with E-state index in [1.54, 1.807) is 12.1 Å². The molecule has 0 fully saturated rings. The van der Waals surface area contributed by atoms with Crippen molar-refractivity contribution in [1.82, 2.24) is 0 Å². The summed E-state index contributed by atoms with van der Waals surface area (Å²) >= 11 is 0. The Balaban J connectivity index is 3.00. The van der Waals surface area contributed by atoms with E-state index in [0.717, 1.165) is 0 Å². The molecule has 3 nitrogen and oxygen atoms in total. The van der Waals surface area contributed by atoms with Crippen LogP contribution in [0.3, 0.4) is 0 Å². The van der Waals surface area contributed by atoms with Gasteiger partial charge >= 0.3 is 8.84 Å². The SMILES string of the molecule is N[Si](=O)c1ccc(O)cc1. The Morgan fingerprint density at radius 2 is 1.80 bits per heavy atom. The first-order valence-corrected chi connectivity index (χ1v) is 4.27. The number of hydrogen-bond acceptors (Lipinski definition) is 2. The lowest BCUT2D eigenvalue weighted by Crippen LogP contribution is -2.29. The van der Waals surface area contributed by atoms with Gasteiger partial charge < -0.3 is 15.0 Å². The van der Waals surface area contributed by atoms with Crippen molar-refractivity contribution in [2.75, 3.05) is 0 Å². The molecule has 0 atom stereocenters. The molecule has 0 heterocycles. The molecule has 0 aliphatic carbocycles. The first kappa shape index (κ1) is 6.95. The summed E-state index contributed by atoms with van der Waals surface area (Å²) in [5, 5.41) is 14.5. The maximum absolute atomic E-state index is 10.6. The van der Waals surface area contributed by atoms with E-state index in [1.165, 1.54) is 12.1 Å². The van der Waals surface area contributed by atoms with Crippen molar-refractivity contribution < 1.29 is 9.57 Å². The highest BCUT2D eigenvalue weighted by Gasteiger charge is 2.00. The quantitative estimate of drug-likeness (QED) is 0.533. The molecule has 1 aromatic carbocycles. The van der Waals surface area contributed by atoms with Crippen LogP contribution in [0.4, 0.5) is 0 Å². The summed E-state index contributed by atoms with van der Waals surface area (Å²) in [5.41, 5.74) is 0. The minimum absolute atomic E-state index is 0.159. The molecule has 0 bridgehead atoms. The topological polar surface area (TPSA) is 63.3 Å². The first-order chi connectivity index (χ1) is 4.70. The van der Waals surface area contributed by atoms with Crippen molar-refractivity contribution in [3.8, 4) is 5.75 Å². The van der Waals surface area contributed by atoms with Gasteiger partial charge in [0.05, 0.1) is 0 Å². The highest BCUT2D eigenvalue weighted by Crippen LogP contribution is 2.01. The Labute approximate surface area is 59.8 Å². The third kappa shape index (κ3) is 1.41. The fraction of sp³-hybridized carbons (Fsp3) is 0. The van der Waals surface area contributed by atoms with Crippen LogP contribution in [0.5, 0.6) is 5.75 Å². The van der Waals surface area contributed by atoms with Gasteiger partial charge in [-0.05, 0) is 12.1 Å². The number of aromatic hydroxyl groups is 1. The van der Waals surface area contributed by atoms with Crippen LogP contribution in [0.25, 0.3) is 0 Å². The van der Waals surface area contributed by atoms with Crippen LogP contribution < -0.4 is 10.6 Å². The van der Waals surface area contributed by atoms with E-state index in [0.29, 0.717) is 5.19 Å². The average Bonchev–Trinajstić information content (AvgIpc) is 1.88. The summed E-state index contributed by atoms with van der Waals surface area (Å²) in [4.78, 5) is 0. The van der Waals surface area contributed by atoms with Crippen molar-refractivity contribution in [3.63, 3.8) is 0 Å². The molecule has 0 aromatic heterocycles. The third-order valence-corrected chi connectivity index (χ3v) is 2.05. The number of phenolic OH excluding ortho intramolecular Hbond substituents is 1. The molecular weight excluding hydrogens is 146 g/mol. The molecule has 0 amide bonds. The van der Waals surface area contributed by atoms with Gasteiger partial charge in [-0.3, -0.25) is 0 Å². The second-order valence-corrected chi connectivity index (χ2v) is 3.22. The molecule has 0 radical (unpaired) electrons. The van der Waals surface area contributed by atoms with Crippen LogP contribution in [0.1, 0.15) is 0 Å². The molecule has 0 spiro atoms. The number of hydrogen-bond donors (Lipinski definition) is 2. The highest BCUT2D eigenvalue weighted by molar-refractivity contribution is 6.56. The molecule has 52 valence electrons. The molecule has 1 aromatic rings. The van der Waals surface area contributed by atoms with E-state index in [2.05, 4.69) is 0 Å². The van der Waals surface area contributed by atoms with E-state index < -0.39 is 8.84 Å². The summed E-state index contributed by atoms with van der Waals surface area (Å²) in [5.74, 6) is 0.159. The van der Waals surface area contributed by atoms with Gasteiger partial charge in [0.2, 0.25) is 0 Å². The largest absolute Gasteiger partial charge is 0.508 e. The summed E-state index contributed by atoms with van der Waals surface area (Å²) in [6.45, 7) is 0. The Hall–Kier alpha value is -1.16. The lowest BCUT2D eigenvalue weighted by molar-refractivity contribution is 0.475. The van der Waals surface area contributed by atoms with Gasteiger partial charge in [0, 0.05) is 5.19 Å². The van der Waals surface area contributed by atoms with Gasteiger partial charge in [-0.2, -0.15) is 0 Å². The van der Waals surface area contributed by atoms with Gasteiger partial charge in [-0.25, -0.2) is 0 Å². The van der Waals surface area contributed by atoms with Crippen LogP contribution in [0.15, 0.2) is 24.3 Å². The zero-order valence-corrected chi connectivity index (χ0v) is 6.24. The predicted molar refractivity (Wildman–Crippen MR) is 38.4 cm³/mol. The van der Waals surface area contributed by atoms with Gasteiger partial charge in [-0.15, -0.1) is 0 Å². The van der Waals surface area contributed by atoms with E-state index in [-0.39, 0.29) is 5.75 Å². The van der Waals surface area contributed by atoms with E-state index in [1.807, 2.05) is 0 Å². The van der Waals surface area contributed by atoms with Crippen molar-refractivity contribution in [2.24, 2.45) is 5.40 Å². The normalized spacial score (nSPS) is 9.20. The van der Waals surface area contributed by atoms with E-state index >= 15 is 0 Å². The average molecular weight is 153 g/mol. The zero-order valence-electron chi connectivity index (χ0n) is 5.24. The van der Waals surface area contributed by atoms with Gasteiger partial charge in [0.15, 0.2) is 0 Å². The molecule has 0 saturated carbocycles. The summed E-state index contributed by atoms with van der Waals surface area (Å²) < 4.78 is 10.6. The third-order valence-electron chi connectivity index (χ3n) is 1.15. The summed E-state index contributed by atoms with van der Waals surface area (Å²) in [6.07, 6.45) is 0. The molecule has 1 rings (SSSR count). The molecule has 4 heteroatoms. The molecular formula is C6H7NO2Si. The lowest BCUT2D eigenvalue weighted by Gasteiger charge is -1.91. The Morgan fingerprint density at radius 1 is 1.30 bits per heavy atom. The van der Waals surface area contributed by atoms with Crippen molar-refractivity contribution in [1.29, 1.82) is 0 Å². The van der Waals surface area contributed by atoms with Crippen molar-refractivity contribution in [3.05, 3.63) is 24.3 Å². The standard InChI is InChI=1S/C6H7NO2Si/c7-10(9)6-3-1-5(8)2-4-6/h1-4,8H,7H2. The fourth-order valence-corrected chi connectivity index (χ4v) is 1.12. The van der Waals surface area contributed by atoms with Gasteiger partial charge in [0.25, 0.3) is 0 Å². The number of phenols is 1. The second kappa shape index (κ2) is 2.61. The minimum atomic E-state index is -2.09. The molecule has 0 unspecified atom stereocenters. The number of benzene rings is 1. The molecule has 0 aliphatic heterocycles. The summed E-state index contributed by atoms with van der Waals surface area (Å²) in [6, 6.07) is 6.03. The van der Waals surface area contributed by atoms with Crippen LogP contribution in [0, 0.1) is 0 Å². The minimum Gasteiger partial charge on any atom is -0.508 e. The van der Waals surface area contributed by atoms with Crippen LogP contribution in [0.2, 0.25) is 0 Å². The van der Waals surface area contributed by atoms with E-state index in [4.69, 9.17) is 10.5 Å². The van der Waals surface area contributed by atoms with Crippen LogP contribution in [-0.2, 0) is 4.46 Å². The maximum Gasteiger partial charge on any atom is 0.425 e. The van der Waals surface area contributed by atoms with Crippen molar-refractivity contribution in [2.45, 2.75) is 0 Å². The second-order valence-electron chi connectivity index (χ2n) is 1.91. The van der Waals surface area contributed by atoms with E-state index in [9.17, 15) is 4.46 Å².